The molecule has 608 valence electrons. The van der Waals surface area contributed by atoms with Crippen LogP contribution < -0.4 is 37.1 Å². The first-order valence-corrected chi connectivity index (χ1v) is 38.4. The second kappa shape index (κ2) is 44.2. The fourth-order valence-electron chi connectivity index (χ4n) is 15.1. The van der Waals surface area contributed by atoms with Crippen LogP contribution in [0.2, 0.25) is 0 Å². The van der Waals surface area contributed by atoms with Crippen molar-refractivity contribution in [3.63, 3.8) is 0 Å². The van der Waals surface area contributed by atoms with Crippen LogP contribution in [0, 0.1) is 88.9 Å². The van der Waals surface area contributed by atoms with E-state index in [1.807, 2.05) is 96.9 Å². The largest absolute Gasteiger partial charge is 0.420 e. The van der Waals surface area contributed by atoms with Crippen molar-refractivity contribution in [1.29, 1.82) is 5.26 Å². The van der Waals surface area contributed by atoms with Gasteiger partial charge in [0.15, 0.2) is 17.4 Å². The van der Waals surface area contributed by atoms with Crippen LogP contribution in [0.4, 0.5) is 28.0 Å². The smallest absolute Gasteiger partial charge is 0.314 e. The van der Waals surface area contributed by atoms with E-state index in [4.69, 9.17) is 19.9 Å². The number of likely N-dealkylation sites (tertiary alicyclic amines) is 1. The van der Waals surface area contributed by atoms with Crippen LogP contribution in [-0.4, -0.2) is 188 Å². The van der Waals surface area contributed by atoms with Crippen molar-refractivity contribution in [2.45, 2.75) is 227 Å². The molecule has 25 nitrogen and oxygen atoms in total. The number of nitrogens with one attached hydrogen (secondary N) is 5. The molecule has 110 heavy (non-hydrogen) atoms. The molecule has 2 fully saturated rings. The summed E-state index contributed by atoms with van der Waals surface area (Å²) in [7, 11) is 8.38. The predicted molar refractivity (Wildman–Crippen MR) is 406 cm³/mol. The van der Waals surface area contributed by atoms with E-state index < -0.39 is 154 Å². The van der Waals surface area contributed by atoms with E-state index >= 15 is 0 Å². The summed E-state index contributed by atoms with van der Waals surface area (Å²) in [5, 5.41) is 23.5. The Hall–Kier alpha value is -8.88. The highest BCUT2D eigenvalue weighted by Gasteiger charge is 2.45. The minimum atomic E-state index is -1.85. The molecule has 0 bridgehead atoms. The number of amides is 9. The number of ketones is 2. The highest BCUT2D eigenvalue weighted by Crippen LogP contribution is 2.36. The molecule has 29 heteroatoms. The number of hydrogen-bond donors (Lipinski definition) is 6. The van der Waals surface area contributed by atoms with Gasteiger partial charge in [-0.2, -0.15) is 14.0 Å². The summed E-state index contributed by atoms with van der Waals surface area (Å²) in [5.41, 5.74) is 6.20. The average Bonchev–Trinajstić information content (AvgIpc) is 1.64. The van der Waals surface area contributed by atoms with Crippen LogP contribution in [0.3, 0.4) is 0 Å². The predicted octanol–water partition coefficient (Wildman–Crippen LogP) is 9.42. The number of methoxy groups -OCH3 is 2. The first-order valence-electron chi connectivity index (χ1n) is 38.4. The second-order valence-corrected chi connectivity index (χ2v) is 30.7. The Bertz CT molecular complexity index is 3630. The second-order valence-electron chi connectivity index (χ2n) is 30.7. The number of nitrogens with two attached hydrogens (primary N) is 1. The number of nitrogens with zero attached hydrogens (tertiary/aromatic N) is 5. The van der Waals surface area contributed by atoms with Gasteiger partial charge in [0.1, 0.15) is 11.8 Å². The molecule has 1 heterocycles. The molecule has 2 aliphatic rings. The Labute approximate surface area is 645 Å². The van der Waals surface area contributed by atoms with Gasteiger partial charge in [0.2, 0.25) is 58.7 Å². The number of Topliss-reactive ketones (excluding diaryl/α,β-unsaturated/α-hetero) is 2. The zero-order chi connectivity index (χ0) is 82.0. The van der Waals surface area contributed by atoms with Gasteiger partial charge < -0.3 is 61.2 Å². The normalized spacial score (nSPS) is 17.8. The SMILES string of the molecule is CC[C@H](C)[C@@H]([C@@H](CC(=O)N1CCC[C@H]1[C@H](OC)[C@@H](C)C(=O)C[C@@H](Cc1ccccc1)C(=O)NCc1ccc(NC(=O)[C@H](CCCNC(N)=O)CC(=O)[C@@H](NC(=O)CCC(=O)N(CCC#N)C2CCC(C(=O)Oc3c(F)c(F)c(C)c(F)c3F)CC2)C(C)C)cc1)OC)N(C)C(=O)[C@@H](NC(=O)[C@H](C(C)C)N(C)C)C(C)C. The van der Waals surface area contributed by atoms with E-state index in [9.17, 15) is 75.6 Å². The van der Waals surface area contributed by atoms with Crippen molar-refractivity contribution in [2.75, 3.05) is 60.3 Å². The van der Waals surface area contributed by atoms with Crippen LogP contribution in [0.15, 0.2) is 54.6 Å². The molecule has 1 saturated carbocycles. The Balaban J connectivity index is 1.21. The van der Waals surface area contributed by atoms with Crippen LogP contribution in [0.1, 0.15) is 175 Å². The summed E-state index contributed by atoms with van der Waals surface area (Å²) in [6, 6.07) is 13.1. The number of anilines is 1. The van der Waals surface area contributed by atoms with Gasteiger partial charge in [-0.05, 0) is 126 Å². The lowest BCUT2D eigenvalue weighted by atomic mass is 9.85. The third-order valence-corrected chi connectivity index (χ3v) is 21.5. The Morgan fingerprint density at radius 2 is 1.31 bits per heavy atom. The lowest BCUT2D eigenvalue weighted by Crippen LogP contribution is -2.59. The number of urea groups is 1. The lowest BCUT2D eigenvalue weighted by molar-refractivity contribution is -0.148. The molecule has 5 rings (SSSR count). The van der Waals surface area contributed by atoms with E-state index in [2.05, 4.69) is 26.6 Å². The van der Waals surface area contributed by atoms with Crippen LogP contribution in [-0.2, 0) is 70.4 Å². The first-order chi connectivity index (χ1) is 52.0. The number of likely N-dealkylation sites (N-methyl/N-ethyl adjacent to an activating group) is 2. The number of carbonyl (C=O) groups excluding carboxylic acids is 11. The fraction of sp³-hybridized carbons (Fsp3) is 0.630. The zero-order valence-corrected chi connectivity index (χ0v) is 66.6. The van der Waals surface area contributed by atoms with Crippen molar-refractivity contribution in [3.8, 4) is 11.8 Å². The number of rotatable bonds is 43. The summed E-state index contributed by atoms with van der Waals surface area (Å²) in [6.45, 7) is 18.2. The molecule has 1 aliphatic carbocycles. The van der Waals surface area contributed by atoms with Gasteiger partial charge in [0.05, 0.1) is 61.2 Å². The monoisotopic (exact) mass is 1540 g/mol. The number of primary amides is 1. The molecule has 9 amide bonds. The molecule has 1 aliphatic heterocycles. The number of esters is 1. The molecular formula is C81H117F4N11O14. The molecule has 3 aromatic rings. The van der Waals surface area contributed by atoms with Gasteiger partial charge in [-0.15, -0.1) is 0 Å². The van der Waals surface area contributed by atoms with E-state index in [0.29, 0.717) is 37.1 Å². The molecule has 0 spiro atoms. The van der Waals surface area contributed by atoms with E-state index in [0.717, 1.165) is 12.5 Å². The number of halogens is 4. The Morgan fingerprint density at radius 1 is 0.691 bits per heavy atom. The maximum absolute atomic E-state index is 14.7. The molecule has 1 saturated heterocycles. The van der Waals surface area contributed by atoms with Crippen molar-refractivity contribution >= 4 is 70.6 Å². The summed E-state index contributed by atoms with van der Waals surface area (Å²) in [4.78, 5) is 159. The van der Waals surface area contributed by atoms with Gasteiger partial charge in [-0.1, -0.05) is 111 Å². The number of ether oxygens (including phenoxy) is 3. The van der Waals surface area contributed by atoms with E-state index in [-0.39, 0.29) is 144 Å². The zero-order valence-electron chi connectivity index (χ0n) is 66.6. The molecule has 0 unspecified atom stereocenters. The van der Waals surface area contributed by atoms with Gasteiger partial charge in [-0.3, -0.25) is 52.8 Å². The number of nitriles is 1. The van der Waals surface area contributed by atoms with Gasteiger partial charge >= 0.3 is 12.0 Å². The Kier molecular flexibility index (Phi) is 36.9. The minimum absolute atomic E-state index is 0.0189. The summed E-state index contributed by atoms with van der Waals surface area (Å²) in [5.74, 6) is -17.7. The van der Waals surface area contributed by atoms with Crippen molar-refractivity contribution in [1.82, 2.24) is 40.9 Å². The standard InChI is InChI=1S/C81H117F4N11O14/c1-16-49(8)73(94(13)79(105)71(47(4)5)92-78(104)72(48(6)7)93(11)12)62(108-14)44-65(101)96-39-21-26-59(96)74(109-15)50(9)60(97)43-56(41-52-23-18-17-19-24-52)76(102)89-45-53-27-31-57(32-28-53)90-77(103)55(25-20-38-88-81(87)107)42-61(98)70(46(2)3)91-63(99)35-36-64(100)95(40-22-37-86)58-33-29-54(30-34-58)80(106)110-75-68(84)66(82)51(10)67(83)69(75)85/h17-19,23-24,27-28,31-32,46-50,54-56,58-59,62,70-74H,16,20-22,25-26,29-30,33-36,38-45H2,1-15H3,(H,89,102)(H,90,103)(H,91,99)(H,92,104)(H3,87,88,107)/t49-,50-,54?,55+,56+,58?,59-,62+,70-,71-,72-,73-,74+/m0/s1. The molecule has 0 radical (unpaired) electrons. The summed E-state index contributed by atoms with van der Waals surface area (Å²) >= 11 is 0. The maximum Gasteiger partial charge on any atom is 0.314 e. The molecular weight excluding hydrogens is 1430 g/mol. The van der Waals surface area contributed by atoms with Crippen molar-refractivity contribution in [2.24, 2.45) is 53.1 Å². The number of carbonyl (C=O) groups is 11. The van der Waals surface area contributed by atoms with Crippen LogP contribution in [0.5, 0.6) is 5.75 Å². The number of benzene rings is 3. The topological polar surface area (TPSA) is 338 Å². The maximum atomic E-state index is 14.7. The van der Waals surface area contributed by atoms with Crippen molar-refractivity contribution in [3.05, 3.63) is 94.6 Å². The first kappa shape index (κ1) is 91.7. The highest BCUT2D eigenvalue weighted by molar-refractivity contribution is 5.98. The molecule has 7 N–H and O–H groups in total. The summed E-state index contributed by atoms with van der Waals surface area (Å²) < 4.78 is 74.6. The van der Waals surface area contributed by atoms with Crippen LogP contribution >= 0.6 is 0 Å². The Morgan fingerprint density at radius 3 is 1.86 bits per heavy atom. The third kappa shape index (κ3) is 25.9. The molecule has 3 aromatic carbocycles. The quantitative estimate of drug-likeness (QED) is 0.0101. The lowest BCUT2D eigenvalue weighted by Gasteiger charge is -2.41. The van der Waals surface area contributed by atoms with Gasteiger partial charge in [-0.25, -0.2) is 13.6 Å². The van der Waals surface area contributed by atoms with E-state index in [1.165, 1.54) is 19.1 Å². The van der Waals surface area contributed by atoms with Crippen LogP contribution in [0.25, 0.3) is 0 Å². The third-order valence-electron chi connectivity index (χ3n) is 21.5. The molecule has 11 atom stereocenters. The highest BCUT2D eigenvalue weighted by atomic mass is 19.2. The van der Waals surface area contributed by atoms with Gasteiger partial charge in [0.25, 0.3) is 0 Å². The fourth-order valence-corrected chi connectivity index (χ4v) is 15.1. The average molecular weight is 1540 g/mol. The van der Waals surface area contributed by atoms with E-state index in [1.54, 1.807) is 61.9 Å². The number of hydrogen-bond acceptors (Lipinski definition) is 16. The molecule has 0 aromatic heterocycles. The van der Waals surface area contributed by atoms with Crippen molar-refractivity contribution < 1.29 is 84.5 Å². The minimum Gasteiger partial charge on any atom is -0.420 e. The van der Waals surface area contributed by atoms with Gasteiger partial charge in [0, 0.05) is 108 Å². The summed E-state index contributed by atoms with van der Waals surface area (Å²) in [6.07, 6.45) is 0.0741.